The van der Waals surface area contributed by atoms with Crippen molar-refractivity contribution < 1.29 is 9.21 Å². The summed E-state index contributed by atoms with van der Waals surface area (Å²) >= 11 is 0. The van der Waals surface area contributed by atoms with Crippen molar-refractivity contribution in [3.05, 3.63) is 59.5 Å². The molecule has 1 fully saturated rings. The number of carbonyl (C=O) groups is 1. The lowest BCUT2D eigenvalue weighted by atomic mass is 10.00. The van der Waals surface area contributed by atoms with E-state index in [1.54, 1.807) is 6.26 Å². The summed E-state index contributed by atoms with van der Waals surface area (Å²) in [5, 5.41) is 3.13. The Kier molecular flexibility index (Phi) is 5.70. The number of benzene rings is 1. The zero-order chi connectivity index (χ0) is 16.8. The molecule has 1 amide bonds. The van der Waals surface area contributed by atoms with E-state index in [-0.39, 0.29) is 11.9 Å². The van der Waals surface area contributed by atoms with E-state index in [0.717, 1.165) is 18.8 Å². The molecule has 0 radical (unpaired) electrons. The van der Waals surface area contributed by atoms with Gasteiger partial charge in [-0.15, -0.1) is 0 Å². The van der Waals surface area contributed by atoms with Gasteiger partial charge in [0.2, 0.25) is 5.91 Å². The molecule has 24 heavy (non-hydrogen) atoms. The fourth-order valence-corrected chi connectivity index (χ4v) is 3.44. The van der Waals surface area contributed by atoms with Gasteiger partial charge >= 0.3 is 0 Å². The topological polar surface area (TPSA) is 45.5 Å². The van der Waals surface area contributed by atoms with Crippen LogP contribution in [0.5, 0.6) is 0 Å². The quantitative estimate of drug-likeness (QED) is 0.847. The van der Waals surface area contributed by atoms with Crippen molar-refractivity contribution in [3.8, 4) is 0 Å². The van der Waals surface area contributed by atoms with E-state index >= 15 is 0 Å². The molecular formula is C20H26N2O2. The smallest absolute Gasteiger partial charge is 0.220 e. The van der Waals surface area contributed by atoms with Crippen LogP contribution in [0.3, 0.4) is 0 Å². The minimum atomic E-state index is 0.0872. The van der Waals surface area contributed by atoms with Crippen LogP contribution in [0.4, 0.5) is 0 Å². The highest BCUT2D eigenvalue weighted by Crippen LogP contribution is 2.26. The first-order chi connectivity index (χ1) is 11.7. The fourth-order valence-electron chi connectivity index (χ4n) is 3.44. The highest BCUT2D eigenvalue weighted by atomic mass is 16.3. The van der Waals surface area contributed by atoms with Gasteiger partial charge in [-0.2, -0.15) is 0 Å². The predicted molar refractivity (Wildman–Crippen MR) is 94.8 cm³/mol. The van der Waals surface area contributed by atoms with Crippen LogP contribution in [-0.2, 0) is 11.2 Å². The van der Waals surface area contributed by atoms with E-state index in [9.17, 15) is 4.79 Å². The summed E-state index contributed by atoms with van der Waals surface area (Å²) in [6.45, 7) is 5.04. The summed E-state index contributed by atoms with van der Waals surface area (Å²) in [4.78, 5) is 14.7. The van der Waals surface area contributed by atoms with E-state index in [0.29, 0.717) is 19.4 Å². The van der Waals surface area contributed by atoms with Crippen LogP contribution in [0.15, 0.2) is 47.1 Å². The van der Waals surface area contributed by atoms with E-state index in [2.05, 4.69) is 41.4 Å². The largest absolute Gasteiger partial charge is 0.469 e. The molecule has 1 aliphatic heterocycles. The van der Waals surface area contributed by atoms with E-state index in [1.807, 2.05) is 12.1 Å². The van der Waals surface area contributed by atoms with Crippen molar-refractivity contribution in [1.82, 2.24) is 10.2 Å². The lowest BCUT2D eigenvalue weighted by molar-refractivity contribution is -0.121. The Morgan fingerprint density at radius 3 is 2.71 bits per heavy atom. The summed E-state index contributed by atoms with van der Waals surface area (Å²) in [6, 6.07) is 12.5. The molecule has 1 aromatic heterocycles. The molecule has 3 rings (SSSR count). The number of nitrogens with zero attached hydrogens (tertiary/aromatic N) is 1. The van der Waals surface area contributed by atoms with Gasteiger partial charge in [-0.05, 0) is 56.1 Å². The molecule has 0 bridgehead atoms. The van der Waals surface area contributed by atoms with Crippen LogP contribution >= 0.6 is 0 Å². The van der Waals surface area contributed by atoms with Gasteiger partial charge in [0.25, 0.3) is 0 Å². The molecule has 1 aromatic carbocycles. The van der Waals surface area contributed by atoms with E-state index in [1.165, 1.54) is 24.0 Å². The first kappa shape index (κ1) is 16.8. The van der Waals surface area contributed by atoms with Gasteiger partial charge < -0.3 is 9.73 Å². The molecule has 2 aromatic rings. The SMILES string of the molecule is Cc1ccccc1C(CNC(=O)CCc1ccco1)N1CCCC1. The maximum Gasteiger partial charge on any atom is 0.220 e. The Labute approximate surface area is 143 Å². The Bertz CT molecular complexity index is 645. The number of hydrogen-bond donors (Lipinski definition) is 1. The van der Waals surface area contributed by atoms with Crippen LogP contribution in [0, 0.1) is 6.92 Å². The Hall–Kier alpha value is -2.07. The fraction of sp³-hybridized carbons (Fsp3) is 0.450. The molecule has 0 aliphatic carbocycles. The predicted octanol–water partition coefficient (Wildman–Crippen LogP) is 3.47. The summed E-state index contributed by atoms with van der Waals surface area (Å²) < 4.78 is 5.29. The third-order valence-corrected chi connectivity index (χ3v) is 4.80. The summed E-state index contributed by atoms with van der Waals surface area (Å²) in [6.07, 6.45) is 5.25. The van der Waals surface area contributed by atoms with Crippen LogP contribution in [0.2, 0.25) is 0 Å². The molecule has 1 saturated heterocycles. The van der Waals surface area contributed by atoms with Crippen molar-refractivity contribution >= 4 is 5.91 Å². The lowest BCUT2D eigenvalue weighted by Crippen LogP contribution is -2.37. The second-order valence-electron chi connectivity index (χ2n) is 6.50. The number of carbonyl (C=O) groups excluding carboxylic acids is 1. The molecule has 4 nitrogen and oxygen atoms in total. The maximum atomic E-state index is 12.2. The van der Waals surface area contributed by atoms with Gasteiger partial charge in [0.1, 0.15) is 5.76 Å². The zero-order valence-corrected chi connectivity index (χ0v) is 14.3. The van der Waals surface area contributed by atoms with E-state index in [4.69, 9.17) is 4.42 Å². The molecular weight excluding hydrogens is 300 g/mol. The lowest BCUT2D eigenvalue weighted by Gasteiger charge is -2.29. The average Bonchev–Trinajstić information content (AvgIpc) is 3.28. The maximum absolute atomic E-state index is 12.2. The number of hydrogen-bond acceptors (Lipinski definition) is 3. The molecule has 2 heterocycles. The number of amides is 1. The number of furan rings is 1. The molecule has 1 N–H and O–H groups in total. The second-order valence-corrected chi connectivity index (χ2v) is 6.50. The summed E-state index contributed by atoms with van der Waals surface area (Å²) in [7, 11) is 0. The summed E-state index contributed by atoms with van der Waals surface area (Å²) in [5.41, 5.74) is 2.62. The normalized spacial score (nSPS) is 16.2. The van der Waals surface area contributed by atoms with Crippen molar-refractivity contribution in [1.29, 1.82) is 0 Å². The monoisotopic (exact) mass is 326 g/mol. The van der Waals surface area contributed by atoms with Gasteiger partial charge in [-0.3, -0.25) is 9.69 Å². The van der Waals surface area contributed by atoms with Gasteiger partial charge in [-0.1, -0.05) is 24.3 Å². The molecule has 4 heteroatoms. The number of nitrogens with one attached hydrogen (secondary N) is 1. The number of rotatable bonds is 7. The van der Waals surface area contributed by atoms with Crippen LogP contribution in [0.1, 0.15) is 42.2 Å². The molecule has 1 atom stereocenters. The number of likely N-dealkylation sites (tertiary alicyclic amines) is 1. The Balaban J connectivity index is 1.59. The summed E-state index contributed by atoms with van der Waals surface area (Å²) in [5.74, 6) is 0.948. The first-order valence-electron chi connectivity index (χ1n) is 8.82. The van der Waals surface area contributed by atoms with Crippen molar-refractivity contribution in [3.63, 3.8) is 0 Å². The van der Waals surface area contributed by atoms with Crippen molar-refractivity contribution in [2.24, 2.45) is 0 Å². The Morgan fingerprint density at radius 1 is 1.21 bits per heavy atom. The minimum absolute atomic E-state index is 0.0872. The zero-order valence-electron chi connectivity index (χ0n) is 14.3. The molecule has 0 saturated carbocycles. The van der Waals surface area contributed by atoms with Crippen LogP contribution < -0.4 is 5.32 Å². The number of aryl methyl sites for hydroxylation is 2. The van der Waals surface area contributed by atoms with Gasteiger partial charge in [0.15, 0.2) is 0 Å². The highest BCUT2D eigenvalue weighted by molar-refractivity contribution is 5.76. The third-order valence-electron chi connectivity index (χ3n) is 4.80. The standard InChI is InChI=1S/C20H26N2O2/c1-16-7-2-3-9-18(16)19(22-12-4-5-13-22)15-21-20(23)11-10-17-8-6-14-24-17/h2-3,6-9,14,19H,4-5,10-13,15H2,1H3,(H,21,23). The highest BCUT2D eigenvalue weighted by Gasteiger charge is 2.24. The van der Waals surface area contributed by atoms with E-state index < -0.39 is 0 Å². The van der Waals surface area contributed by atoms with Gasteiger partial charge in [-0.25, -0.2) is 0 Å². The second kappa shape index (κ2) is 8.15. The van der Waals surface area contributed by atoms with Crippen molar-refractivity contribution in [2.45, 2.75) is 38.6 Å². The molecule has 128 valence electrons. The van der Waals surface area contributed by atoms with Gasteiger partial charge in [0, 0.05) is 19.4 Å². The third kappa shape index (κ3) is 4.26. The van der Waals surface area contributed by atoms with Crippen LogP contribution in [-0.4, -0.2) is 30.4 Å². The molecule has 1 unspecified atom stereocenters. The Morgan fingerprint density at radius 2 is 2.00 bits per heavy atom. The minimum Gasteiger partial charge on any atom is -0.469 e. The molecule has 1 aliphatic rings. The average molecular weight is 326 g/mol. The van der Waals surface area contributed by atoms with Gasteiger partial charge in [0.05, 0.1) is 12.3 Å². The van der Waals surface area contributed by atoms with Crippen molar-refractivity contribution in [2.75, 3.05) is 19.6 Å². The first-order valence-corrected chi connectivity index (χ1v) is 8.82. The van der Waals surface area contributed by atoms with Crippen LogP contribution in [0.25, 0.3) is 0 Å². The molecule has 0 spiro atoms.